The van der Waals surface area contributed by atoms with Gasteiger partial charge in [0.25, 0.3) is 0 Å². The third kappa shape index (κ3) is 3.35. The van der Waals surface area contributed by atoms with E-state index in [1.54, 1.807) is 22.9 Å². The number of benzene rings is 2. The molecule has 1 fully saturated rings. The summed E-state index contributed by atoms with van der Waals surface area (Å²) in [7, 11) is 0. The van der Waals surface area contributed by atoms with Crippen molar-refractivity contribution in [1.82, 2.24) is 9.78 Å². The summed E-state index contributed by atoms with van der Waals surface area (Å²) in [6, 6.07) is 20.5. The number of nitrogens with zero attached hydrogens (tertiary/aromatic N) is 3. The minimum atomic E-state index is -0.421. The van der Waals surface area contributed by atoms with Crippen LogP contribution in [0.5, 0.6) is 0 Å². The summed E-state index contributed by atoms with van der Waals surface area (Å²) in [6.07, 6.45) is 2.22. The number of esters is 1. The number of para-hydroxylation sites is 1. The van der Waals surface area contributed by atoms with E-state index in [4.69, 9.17) is 10.00 Å². The van der Waals surface area contributed by atoms with Gasteiger partial charge in [-0.25, -0.2) is 9.48 Å². The summed E-state index contributed by atoms with van der Waals surface area (Å²) in [5.74, 6) is 0.0226. The third-order valence-electron chi connectivity index (χ3n) is 4.36. The minimum Gasteiger partial charge on any atom is -0.456 e. The molecule has 1 aromatic heterocycles. The number of aromatic nitrogens is 2. The largest absolute Gasteiger partial charge is 0.456 e. The zero-order chi connectivity index (χ0) is 17.9. The highest BCUT2D eigenvalue weighted by atomic mass is 16.5. The second kappa shape index (κ2) is 6.85. The van der Waals surface area contributed by atoms with Crippen LogP contribution in [0.3, 0.4) is 0 Å². The summed E-state index contributed by atoms with van der Waals surface area (Å²) in [5, 5.41) is 13.6. The molecule has 0 N–H and O–H groups in total. The topological polar surface area (TPSA) is 67.9 Å². The summed E-state index contributed by atoms with van der Waals surface area (Å²) in [5.41, 5.74) is 3.52. The SMILES string of the molecule is N#Cc1cccc(COC(=O)c2cc(C3CC3)nn2-c2ccccc2)c1. The Kier molecular flexibility index (Phi) is 4.24. The van der Waals surface area contributed by atoms with Crippen LogP contribution in [0.15, 0.2) is 60.7 Å². The zero-order valence-electron chi connectivity index (χ0n) is 14.1. The second-order valence-corrected chi connectivity index (χ2v) is 6.36. The van der Waals surface area contributed by atoms with Gasteiger partial charge in [-0.3, -0.25) is 0 Å². The first-order valence-corrected chi connectivity index (χ1v) is 8.56. The molecular formula is C21H17N3O2. The van der Waals surface area contributed by atoms with Crippen LogP contribution in [0.4, 0.5) is 0 Å². The van der Waals surface area contributed by atoms with Gasteiger partial charge in [0.2, 0.25) is 0 Å². The maximum absolute atomic E-state index is 12.7. The van der Waals surface area contributed by atoms with Crippen molar-refractivity contribution >= 4 is 5.97 Å². The molecule has 0 atom stereocenters. The third-order valence-corrected chi connectivity index (χ3v) is 4.36. The highest BCUT2D eigenvalue weighted by molar-refractivity contribution is 5.88. The van der Waals surface area contributed by atoms with Crippen LogP contribution in [0.2, 0.25) is 0 Å². The quantitative estimate of drug-likeness (QED) is 0.657. The maximum Gasteiger partial charge on any atom is 0.357 e. The maximum atomic E-state index is 12.7. The van der Waals surface area contributed by atoms with Gasteiger partial charge in [-0.1, -0.05) is 30.3 Å². The summed E-state index contributed by atoms with van der Waals surface area (Å²) in [6.45, 7) is 0.118. The first-order chi connectivity index (χ1) is 12.7. The first-order valence-electron chi connectivity index (χ1n) is 8.56. The van der Waals surface area contributed by atoms with Gasteiger partial charge >= 0.3 is 5.97 Å². The molecule has 3 aromatic rings. The first kappa shape index (κ1) is 16.1. The molecule has 0 bridgehead atoms. The molecule has 128 valence electrons. The van der Waals surface area contributed by atoms with E-state index in [0.29, 0.717) is 17.2 Å². The van der Waals surface area contributed by atoms with Crippen molar-refractivity contribution in [3.8, 4) is 11.8 Å². The zero-order valence-corrected chi connectivity index (χ0v) is 14.1. The Morgan fingerprint density at radius 3 is 2.69 bits per heavy atom. The molecule has 4 rings (SSSR count). The molecular weight excluding hydrogens is 326 g/mol. The van der Waals surface area contributed by atoms with Gasteiger partial charge in [-0.15, -0.1) is 0 Å². The number of carbonyl (C=O) groups excluding carboxylic acids is 1. The number of nitriles is 1. The van der Waals surface area contributed by atoms with Crippen molar-refractivity contribution in [1.29, 1.82) is 5.26 Å². The standard InChI is InChI=1S/C21H17N3O2/c22-13-15-5-4-6-16(11-15)14-26-21(25)20-12-19(17-9-10-17)23-24(20)18-7-2-1-3-8-18/h1-8,11-12,17H,9-10,14H2. The molecule has 0 unspecified atom stereocenters. The molecule has 26 heavy (non-hydrogen) atoms. The molecule has 5 heteroatoms. The Labute approximate surface area is 151 Å². The molecule has 0 amide bonds. The average Bonchev–Trinajstić information content (AvgIpc) is 3.45. The van der Waals surface area contributed by atoms with Crippen LogP contribution >= 0.6 is 0 Å². The van der Waals surface area contributed by atoms with E-state index in [1.807, 2.05) is 42.5 Å². The monoisotopic (exact) mass is 343 g/mol. The van der Waals surface area contributed by atoms with Crippen molar-refractivity contribution in [2.24, 2.45) is 0 Å². The van der Waals surface area contributed by atoms with E-state index in [9.17, 15) is 4.79 Å². The highest BCUT2D eigenvalue weighted by Crippen LogP contribution is 2.39. The number of hydrogen-bond acceptors (Lipinski definition) is 4. The lowest BCUT2D eigenvalue weighted by atomic mass is 10.1. The lowest BCUT2D eigenvalue weighted by Gasteiger charge is -2.08. The smallest absolute Gasteiger partial charge is 0.357 e. The Morgan fingerprint density at radius 2 is 1.96 bits per heavy atom. The molecule has 1 aliphatic carbocycles. The van der Waals surface area contributed by atoms with Crippen LogP contribution in [0, 0.1) is 11.3 Å². The lowest BCUT2D eigenvalue weighted by molar-refractivity contribution is 0.0462. The van der Waals surface area contributed by atoms with Gasteiger partial charge in [0, 0.05) is 5.92 Å². The molecule has 1 saturated carbocycles. The van der Waals surface area contributed by atoms with Gasteiger partial charge in [0.05, 0.1) is 23.0 Å². The predicted molar refractivity (Wildman–Crippen MR) is 95.8 cm³/mol. The van der Waals surface area contributed by atoms with E-state index in [-0.39, 0.29) is 6.61 Å². The molecule has 0 saturated heterocycles. The van der Waals surface area contributed by atoms with Crippen LogP contribution < -0.4 is 0 Å². The van der Waals surface area contributed by atoms with E-state index in [0.717, 1.165) is 29.8 Å². The molecule has 1 heterocycles. The van der Waals surface area contributed by atoms with Crippen molar-refractivity contribution in [3.05, 3.63) is 83.2 Å². The molecule has 0 radical (unpaired) electrons. The number of carbonyl (C=O) groups is 1. The minimum absolute atomic E-state index is 0.118. The predicted octanol–water partition coefficient (Wildman–Crippen LogP) is 3.98. The summed E-state index contributed by atoms with van der Waals surface area (Å²) < 4.78 is 7.13. The number of ether oxygens (including phenoxy) is 1. The van der Waals surface area contributed by atoms with Gasteiger partial charge in [0.15, 0.2) is 5.69 Å². The van der Waals surface area contributed by atoms with Crippen molar-refractivity contribution < 1.29 is 9.53 Å². The Morgan fingerprint density at radius 1 is 1.15 bits per heavy atom. The lowest BCUT2D eigenvalue weighted by Crippen LogP contribution is -2.12. The molecule has 1 aliphatic rings. The van der Waals surface area contributed by atoms with Gasteiger partial charge < -0.3 is 4.74 Å². The normalized spacial score (nSPS) is 13.2. The fraction of sp³-hybridized carbons (Fsp3) is 0.190. The summed E-state index contributed by atoms with van der Waals surface area (Å²) in [4.78, 5) is 12.7. The van der Waals surface area contributed by atoms with Crippen LogP contribution in [0.1, 0.15) is 46.1 Å². The average molecular weight is 343 g/mol. The van der Waals surface area contributed by atoms with Crippen LogP contribution in [0.25, 0.3) is 5.69 Å². The fourth-order valence-electron chi connectivity index (χ4n) is 2.84. The Balaban J connectivity index is 1.58. The second-order valence-electron chi connectivity index (χ2n) is 6.36. The van der Waals surface area contributed by atoms with E-state index < -0.39 is 5.97 Å². The number of hydrogen-bond donors (Lipinski definition) is 0. The fourth-order valence-corrected chi connectivity index (χ4v) is 2.84. The van der Waals surface area contributed by atoms with Crippen molar-refractivity contribution in [2.75, 3.05) is 0 Å². The van der Waals surface area contributed by atoms with Crippen LogP contribution in [-0.2, 0) is 11.3 Å². The van der Waals surface area contributed by atoms with Crippen LogP contribution in [-0.4, -0.2) is 15.7 Å². The van der Waals surface area contributed by atoms with Gasteiger partial charge in [-0.05, 0) is 48.7 Å². The van der Waals surface area contributed by atoms with Gasteiger partial charge in [-0.2, -0.15) is 10.4 Å². The molecule has 5 nitrogen and oxygen atoms in total. The number of rotatable bonds is 5. The van der Waals surface area contributed by atoms with Crippen molar-refractivity contribution in [3.63, 3.8) is 0 Å². The van der Waals surface area contributed by atoms with E-state index >= 15 is 0 Å². The Hall–Kier alpha value is -3.39. The summed E-state index contributed by atoms with van der Waals surface area (Å²) >= 11 is 0. The molecule has 2 aromatic carbocycles. The molecule has 0 spiro atoms. The van der Waals surface area contributed by atoms with Crippen molar-refractivity contribution in [2.45, 2.75) is 25.4 Å². The van der Waals surface area contributed by atoms with Gasteiger partial charge in [0.1, 0.15) is 6.61 Å². The highest BCUT2D eigenvalue weighted by Gasteiger charge is 2.29. The molecule has 0 aliphatic heterocycles. The Bertz CT molecular complexity index is 982. The van der Waals surface area contributed by atoms with E-state index in [1.165, 1.54) is 0 Å². The van der Waals surface area contributed by atoms with E-state index in [2.05, 4.69) is 11.2 Å².